The molecule has 5 rings (SSSR count). The monoisotopic (exact) mass is 467 g/mol. The Hall–Kier alpha value is -3.35. The molecule has 4 heterocycles. The molecule has 0 radical (unpaired) electrons. The molecule has 0 spiro atoms. The maximum absolute atomic E-state index is 6.55. The van der Waals surface area contributed by atoms with Gasteiger partial charge in [0.2, 0.25) is 0 Å². The van der Waals surface area contributed by atoms with Crippen LogP contribution >= 0.6 is 0 Å². The molecule has 0 saturated carbocycles. The zero-order valence-corrected chi connectivity index (χ0v) is 20.5. The van der Waals surface area contributed by atoms with Crippen LogP contribution in [0.1, 0.15) is 58.7 Å². The van der Waals surface area contributed by atoms with Crippen molar-refractivity contribution in [3.8, 4) is 0 Å². The van der Waals surface area contributed by atoms with Crippen molar-refractivity contribution in [2.24, 2.45) is 0 Å². The Morgan fingerprint density at radius 1 is 0.886 bits per heavy atom. The molecule has 1 saturated heterocycles. The molecule has 2 unspecified atom stereocenters. The maximum atomic E-state index is 6.55. The van der Waals surface area contributed by atoms with Crippen LogP contribution in [0.5, 0.6) is 0 Å². The van der Waals surface area contributed by atoms with E-state index in [0.717, 1.165) is 42.9 Å². The van der Waals surface area contributed by atoms with Crippen molar-refractivity contribution in [2.75, 3.05) is 6.54 Å². The third-order valence-electron chi connectivity index (χ3n) is 7.03. The number of ether oxygens (including phenoxy) is 1. The molecule has 180 valence electrons. The molecule has 1 N–H and O–H groups in total. The highest BCUT2D eigenvalue weighted by Gasteiger charge is 2.39. The van der Waals surface area contributed by atoms with Crippen LogP contribution in [0.25, 0.3) is 0 Å². The Labute approximate surface area is 207 Å². The van der Waals surface area contributed by atoms with Gasteiger partial charge < -0.3 is 9.72 Å². The standard InChI is InChI=1S/C29H33N5O/c1-21-8-6-13-31-28(21)26-16-25(35-19-23-10-4-3-5-11-23)17-27(29-22(2)9-7-14-32-29)34(26)15-12-24-18-30-20-33-24/h3-11,13-14,18,20,25-27H,12,15-17,19H2,1-2H3,(H,30,33)/t25?,26-,27?/m0/s1. The molecule has 3 atom stereocenters. The van der Waals surface area contributed by atoms with Gasteiger partial charge in [0.25, 0.3) is 0 Å². The van der Waals surface area contributed by atoms with E-state index in [4.69, 9.17) is 14.7 Å². The molecular formula is C29H33N5O. The number of rotatable bonds is 8. The second-order valence-electron chi connectivity index (χ2n) is 9.40. The summed E-state index contributed by atoms with van der Waals surface area (Å²) in [5, 5.41) is 0. The van der Waals surface area contributed by atoms with Gasteiger partial charge in [-0.15, -0.1) is 0 Å². The first kappa shape index (κ1) is 23.4. The van der Waals surface area contributed by atoms with E-state index >= 15 is 0 Å². The van der Waals surface area contributed by atoms with Gasteiger partial charge in [0.15, 0.2) is 0 Å². The first-order valence-electron chi connectivity index (χ1n) is 12.4. The average Bonchev–Trinajstić information content (AvgIpc) is 3.41. The molecule has 1 fully saturated rings. The zero-order chi connectivity index (χ0) is 24.0. The number of likely N-dealkylation sites (tertiary alicyclic amines) is 1. The van der Waals surface area contributed by atoms with Gasteiger partial charge >= 0.3 is 0 Å². The lowest BCUT2D eigenvalue weighted by Gasteiger charge is -2.45. The highest BCUT2D eigenvalue weighted by molar-refractivity contribution is 5.27. The lowest BCUT2D eigenvalue weighted by Crippen LogP contribution is -2.44. The number of aromatic amines is 1. The smallest absolute Gasteiger partial charge is 0.0921 e. The molecule has 6 heteroatoms. The number of H-pyrrole nitrogens is 1. The predicted octanol–water partition coefficient (Wildman–Crippen LogP) is 5.52. The SMILES string of the molecule is Cc1cccnc1C1CC(OCc2ccccc2)C[C@@H](c2ncccc2C)N1CCc1cnc[nH]1. The Kier molecular flexibility index (Phi) is 7.31. The number of benzene rings is 1. The third-order valence-corrected chi connectivity index (χ3v) is 7.03. The van der Waals surface area contributed by atoms with Gasteiger partial charge in [-0.2, -0.15) is 0 Å². The predicted molar refractivity (Wildman–Crippen MR) is 137 cm³/mol. The van der Waals surface area contributed by atoms with E-state index in [1.807, 2.05) is 36.8 Å². The minimum atomic E-state index is 0.108. The highest BCUT2D eigenvalue weighted by Crippen LogP contribution is 2.43. The molecule has 1 aliphatic heterocycles. The van der Waals surface area contributed by atoms with Crippen molar-refractivity contribution >= 4 is 0 Å². The first-order chi connectivity index (χ1) is 17.2. The molecule has 3 aromatic heterocycles. The maximum Gasteiger partial charge on any atom is 0.0921 e. The number of imidazole rings is 1. The van der Waals surface area contributed by atoms with E-state index in [1.54, 1.807) is 6.33 Å². The van der Waals surface area contributed by atoms with E-state index < -0.39 is 0 Å². The summed E-state index contributed by atoms with van der Waals surface area (Å²) in [6.45, 7) is 5.81. The van der Waals surface area contributed by atoms with Crippen LogP contribution in [0.15, 0.2) is 79.5 Å². The van der Waals surface area contributed by atoms with Crippen molar-refractivity contribution in [3.63, 3.8) is 0 Å². The summed E-state index contributed by atoms with van der Waals surface area (Å²) >= 11 is 0. The second kappa shape index (κ2) is 10.9. The van der Waals surface area contributed by atoms with Crippen LogP contribution in [0.3, 0.4) is 0 Å². The van der Waals surface area contributed by atoms with Crippen LogP contribution in [0, 0.1) is 13.8 Å². The molecule has 4 aromatic rings. The molecule has 35 heavy (non-hydrogen) atoms. The van der Waals surface area contributed by atoms with Gasteiger partial charge in [-0.05, 0) is 55.5 Å². The number of aryl methyl sites for hydroxylation is 2. The fraction of sp³-hybridized carbons (Fsp3) is 0.345. The van der Waals surface area contributed by atoms with Gasteiger partial charge in [-0.25, -0.2) is 4.98 Å². The van der Waals surface area contributed by atoms with Crippen molar-refractivity contribution in [2.45, 2.75) is 57.9 Å². The number of nitrogens with zero attached hydrogens (tertiary/aromatic N) is 4. The molecule has 1 aromatic carbocycles. The Bertz CT molecular complexity index is 1160. The summed E-state index contributed by atoms with van der Waals surface area (Å²) in [5.41, 5.74) is 7.02. The first-order valence-corrected chi connectivity index (χ1v) is 12.4. The molecule has 0 amide bonds. The van der Waals surface area contributed by atoms with Gasteiger partial charge in [0.05, 0.1) is 42.5 Å². The van der Waals surface area contributed by atoms with Crippen molar-refractivity contribution in [3.05, 3.63) is 113 Å². The van der Waals surface area contributed by atoms with Crippen LogP contribution < -0.4 is 0 Å². The average molecular weight is 468 g/mol. The third kappa shape index (κ3) is 5.50. The summed E-state index contributed by atoms with van der Waals surface area (Å²) < 4.78 is 6.55. The topological polar surface area (TPSA) is 66.9 Å². The van der Waals surface area contributed by atoms with Crippen molar-refractivity contribution < 1.29 is 4.74 Å². The van der Waals surface area contributed by atoms with E-state index in [9.17, 15) is 0 Å². The normalized spacial score (nSPS) is 20.7. The molecular weight excluding hydrogens is 434 g/mol. The number of pyridine rings is 2. The fourth-order valence-corrected chi connectivity index (χ4v) is 5.22. The van der Waals surface area contributed by atoms with Gasteiger partial charge in [0.1, 0.15) is 0 Å². The summed E-state index contributed by atoms with van der Waals surface area (Å²) in [6, 6.07) is 19.0. The molecule has 1 aliphatic rings. The lowest BCUT2D eigenvalue weighted by atomic mass is 9.86. The Morgan fingerprint density at radius 3 is 2.11 bits per heavy atom. The lowest BCUT2D eigenvalue weighted by molar-refractivity contribution is -0.0533. The van der Waals surface area contributed by atoms with Crippen LogP contribution in [-0.4, -0.2) is 37.5 Å². The van der Waals surface area contributed by atoms with Crippen molar-refractivity contribution in [1.29, 1.82) is 0 Å². The number of hydrogen-bond donors (Lipinski definition) is 1. The highest BCUT2D eigenvalue weighted by atomic mass is 16.5. The van der Waals surface area contributed by atoms with Gasteiger partial charge in [-0.1, -0.05) is 42.5 Å². The Morgan fingerprint density at radius 2 is 1.54 bits per heavy atom. The zero-order valence-electron chi connectivity index (χ0n) is 20.5. The number of aromatic nitrogens is 4. The number of piperidine rings is 1. The van der Waals surface area contributed by atoms with Crippen LogP contribution in [-0.2, 0) is 17.8 Å². The number of hydrogen-bond acceptors (Lipinski definition) is 5. The van der Waals surface area contributed by atoms with Crippen LogP contribution in [0.4, 0.5) is 0 Å². The van der Waals surface area contributed by atoms with E-state index in [2.05, 4.69) is 65.1 Å². The second-order valence-corrected chi connectivity index (χ2v) is 9.40. The summed E-state index contributed by atoms with van der Waals surface area (Å²) in [7, 11) is 0. The number of nitrogens with one attached hydrogen (secondary N) is 1. The fourth-order valence-electron chi connectivity index (χ4n) is 5.22. The van der Waals surface area contributed by atoms with Crippen molar-refractivity contribution in [1.82, 2.24) is 24.8 Å². The molecule has 0 aliphatic carbocycles. The van der Waals surface area contributed by atoms with E-state index in [0.29, 0.717) is 6.61 Å². The summed E-state index contributed by atoms with van der Waals surface area (Å²) in [6.07, 6.45) is 10.3. The quantitative estimate of drug-likeness (QED) is 0.369. The van der Waals surface area contributed by atoms with Gasteiger partial charge in [-0.3, -0.25) is 14.9 Å². The van der Waals surface area contributed by atoms with E-state index in [1.165, 1.54) is 16.7 Å². The van der Waals surface area contributed by atoms with Crippen LogP contribution in [0.2, 0.25) is 0 Å². The minimum Gasteiger partial charge on any atom is -0.373 e. The molecule has 0 bridgehead atoms. The minimum absolute atomic E-state index is 0.108. The van der Waals surface area contributed by atoms with E-state index in [-0.39, 0.29) is 18.2 Å². The summed E-state index contributed by atoms with van der Waals surface area (Å²) in [4.78, 5) is 19.8. The summed E-state index contributed by atoms with van der Waals surface area (Å²) in [5.74, 6) is 0. The Balaban J connectivity index is 1.49. The largest absolute Gasteiger partial charge is 0.373 e. The molecule has 6 nitrogen and oxygen atoms in total. The van der Waals surface area contributed by atoms with Gasteiger partial charge in [0, 0.05) is 37.3 Å².